The average molecular weight is 225 g/mol. The molecule has 0 bridgehead atoms. The fraction of sp³-hybridized carbons (Fsp3) is 1.00. The van der Waals surface area contributed by atoms with Crippen LogP contribution < -0.4 is 0 Å². The van der Waals surface area contributed by atoms with E-state index < -0.39 is 16.7 Å². The topological polar surface area (TPSA) is 49.7 Å². The molecule has 1 heterocycles. The molecule has 1 fully saturated rings. The Morgan fingerprint density at radius 3 is 2.55 bits per heavy atom. The van der Waals surface area contributed by atoms with Crippen LogP contribution in [0.1, 0.15) is 20.3 Å². The summed E-state index contributed by atoms with van der Waals surface area (Å²) in [5, 5.41) is 18.7. The Labute approximate surface area is 74.5 Å². The van der Waals surface area contributed by atoms with Gasteiger partial charge in [0.2, 0.25) is 0 Å². The highest BCUT2D eigenvalue weighted by Gasteiger charge is 2.41. The van der Waals surface area contributed by atoms with Gasteiger partial charge in [0.1, 0.15) is 0 Å². The van der Waals surface area contributed by atoms with E-state index in [0.717, 1.165) is 0 Å². The third-order valence-electron chi connectivity index (χ3n) is 2.01. The van der Waals surface area contributed by atoms with Gasteiger partial charge in [-0.15, -0.1) is 0 Å². The number of hydrogen-bond donors (Lipinski definition) is 2. The van der Waals surface area contributed by atoms with Crippen molar-refractivity contribution in [3.05, 3.63) is 0 Å². The predicted octanol–water partition coefficient (Wildman–Crippen LogP) is 0.628. The second-order valence-corrected chi connectivity index (χ2v) is 5.03. The van der Waals surface area contributed by atoms with Gasteiger partial charge in [0.15, 0.2) is 6.29 Å². The van der Waals surface area contributed by atoms with Crippen LogP contribution in [0.2, 0.25) is 0 Å². The summed E-state index contributed by atoms with van der Waals surface area (Å²) in [7, 11) is 0. The summed E-state index contributed by atoms with van der Waals surface area (Å²) in [6.45, 7) is 3.59. The Kier molecular flexibility index (Phi) is 2.59. The van der Waals surface area contributed by atoms with E-state index in [1.807, 2.05) is 6.92 Å². The van der Waals surface area contributed by atoms with E-state index in [1.165, 1.54) is 0 Å². The van der Waals surface area contributed by atoms with E-state index in [9.17, 15) is 5.11 Å². The minimum absolute atomic E-state index is 0.317. The van der Waals surface area contributed by atoms with Crippen LogP contribution in [0.4, 0.5) is 0 Å². The maximum atomic E-state index is 9.54. The number of rotatable bonds is 0. The Balaban J connectivity index is 2.67. The van der Waals surface area contributed by atoms with Crippen LogP contribution in [0.5, 0.6) is 0 Å². The van der Waals surface area contributed by atoms with E-state index in [2.05, 4.69) is 15.9 Å². The van der Waals surface area contributed by atoms with Crippen LogP contribution in [0.25, 0.3) is 0 Å². The van der Waals surface area contributed by atoms with Gasteiger partial charge < -0.3 is 14.9 Å². The van der Waals surface area contributed by atoms with Crippen LogP contribution >= 0.6 is 15.9 Å². The molecule has 4 atom stereocenters. The molecule has 11 heavy (non-hydrogen) atoms. The molecule has 0 spiro atoms. The van der Waals surface area contributed by atoms with Crippen molar-refractivity contribution >= 4 is 15.9 Å². The van der Waals surface area contributed by atoms with Crippen LogP contribution in [-0.2, 0) is 4.74 Å². The van der Waals surface area contributed by atoms with Crippen molar-refractivity contribution in [1.82, 2.24) is 0 Å². The highest BCUT2D eigenvalue weighted by molar-refractivity contribution is 9.10. The zero-order chi connectivity index (χ0) is 8.65. The summed E-state index contributed by atoms with van der Waals surface area (Å²) in [4.78, 5) is 0. The van der Waals surface area contributed by atoms with E-state index in [4.69, 9.17) is 9.84 Å². The van der Waals surface area contributed by atoms with Crippen molar-refractivity contribution < 1.29 is 14.9 Å². The molecular weight excluding hydrogens is 212 g/mol. The van der Waals surface area contributed by atoms with Crippen molar-refractivity contribution in [2.45, 2.75) is 43.1 Å². The Bertz CT molecular complexity index is 149. The lowest BCUT2D eigenvalue weighted by Gasteiger charge is -2.39. The van der Waals surface area contributed by atoms with E-state index in [1.54, 1.807) is 6.92 Å². The lowest BCUT2D eigenvalue weighted by atomic mass is 9.94. The van der Waals surface area contributed by atoms with Gasteiger partial charge in [-0.25, -0.2) is 0 Å². The van der Waals surface area contributed by atoms with Gasteiger partial charge in [-0.1, -0.05) is 15.9 Å². The smallest absolute Gasteiger partial charge is 0.156 e. The molecule has 0 unspecified atom stereocenters. The fourth-order valence-electron chi connectivity index (χ4n) is 1.32. The third kappa shape index (κ3) is 1.93. The van der Waals surface area contributed by atoms with Crippen LogP contribution in [0.15, 0.2) is 0 Å². The summed E-state index contributed by atoms with van der Waals surface area (Å²) in [5.74, 6) is 0. The summed E-state index contributed by atoms with van der Waals surface area (Å²) >= 11 is 3.35. The lowest BCUT2D eigenvalue weighted by Crippen LogP contribution is -2.51. The van der Waals surface area contributed by atoms with Crippen molar-refractivity contribution in [3.63, 3.8) is 0 Å². The molecular formula is C7H13BrO3. The number of halogens is 1. The third-order valence-corrected chi connectivity index (χ3v) is 2.80. The minimum Gasteiger partial charge on any atom is -0.389 e. The molecule has 0 aromatic heterocycles. The molecule has 0 aliphatic carbocycles. The molecule has 0 aromatic carbocycles. The molecule has 1 aliphatic heterocycles. The normalized spacial score (nSPS) is 52.6. The number of ether oxygens (including phenoxy) is 1. The van der Waals surface area contributed by atoms with Crippen molar-refractivity contribution in [1.29, 1.82) is 0 Å². The second kappa shape index (κ2) is 3.01. The Morgan fingerprint density at radius 1 is 1.55 bits per heavy atom. The van der Waals surface area contributed by atoms with Crippen molar-refractivity contribution in [3.8, 4) is 0 Å². The summed E-state index contributed by atoms with van der Waals surface area (Å²) in [6, 6.07) is 0. The maximum Gasteiger partial charge on any atom is 0.156 e. The van der Waals surface area contributed by atoms with E-state index in [-0.39, 0.29) is 6.10 Å². The molecule has 0 radical (unpaired) electrons. The molecule has 0 aromatic rings. The van der Waals surface area contributed by atoms with Gasteiger partial charge in [-0.3, -0.25) is 0 Å². The highest BCUT2D eigenvalue weighted by Crippen LogP contribution is 2.35. The Morgan fingerprint density at radius 2 is 2.09 bits per heavy atom. The first-order valence-electron chi connectivity index (χ1n) is 3.64. The van der Waals surface area contributed by atoms with Crippen LogP contribution in [0.3, 0.4) is 0 Å². The molecule has 0 saturated carbocycles. The zero-order valence-electron chi connectivity index (χ0n) is 6.62. The van der Waals surface area contributed by atoms with Gasteiger partial charge in [-0.05, 0) is 13.8 Å². The SMILES string of the molecule is C[C@@H]1O[C@@H](O)C[C@](C)(Br)[C@@H]1O. The van der Waals surface area contributed by atoms with Gasteiger partial charge in [0.05, 0.1) is 16.5 Å². The zero-order valence-corrected chi connectivity index (χ0v) is 8.21. The standard InChI is InChI=1S/C7H13BrO3/c1-4-6(10)7(2,8)3-5(9)11-4/h4-6,9-10H,3H2,1-2H3/t4-,5+,6+,7-/m0/s1. The highest BCUT2D eigenvalue weighted by atomic mass is 79.9. The minimum atomic E-state index is -0.766. The number of aliphatic hydroxyl groups excluding tert-OH is 2. The first-order chi connectivity index (χ1) is 4.93. The van der Waals surface area contributed by atoms with Crippen LogP contribution in [-0.4, -0.2) is 33.0 Å². The fourth-order valence-corrected chi connectivity index (χ4v) is 1.97. The monoisotopic (exact) mass is 224 g/mol. The number of hydrogen-bond acceptors (Lipinski definition) is 3. The second-order valence-electron chi connectivity index (χ2n) is 3.22. The van der Waals surface area contributed by atoms with Crippen LogP contribution in [0, 0.1) is 0 Å². The van der Waals surface area contributed by atoms with E-state index in [0.29, 0.717) is 6.42 Å². The largest absolute Gasteiger partial charge is 0.389 e. The number of aliphatic hydroxyl groups is 2. The lowest BCUT2D eigenvalue weighted by molar-refractivity contribution is -0.201. The van der Waals surface area contributed by atoms with Gasteiger partial charge in [-0.2, -0.15) is 0 Å². The quantitative estimate of drug-likeness (QED) is 0.594. The molecule has 2 N–H and O–H groups in total. The summed E-state index contributed by atoms with van der Waals surface area (Å²) in [5.41, 5.74) is 0. The predicted molar refractivity (Wildman–Crippen MR) is 44.5 cm³/mol. The Hall–Kier alpha value is 0.360. The first-order valence-corrected chi connectivity index (χ1v) is 4.43. The molecule has 66 valence electrons. The van der Waals surface area contributed by atoms with Crippen molar-refractivity contribution in [2.24, 2.45) is 0 Å². The van der Waals surface area contributed by atoms with Gasteiger partial charge >= 0.3 is 0 Å². The average Bonchev–Trinajstić information content (AvgIpc) is 1.81. The number of alkyl halides is 1. The summed E-state index contributed by atoms with van der Waals surface area (Å²) in [6.07, 6.45) is -1.23. The summed E-state index contributed by atoms with van der Waals surface area (Å²) < 4.78 is 4.58. The molecule has 1 aliphatic rings. The maximum absolute atomic E-state index is 9.54. The molecule has 3 nitrogen and oxygen atoms in total. The molecule has 4 heteroatoms. The molecule has 0 amide bonds. The molecule has 1 saturated heterocycles. The molecule has 1 rings (SSSR count). The first kappa shape index (κ1) is 9.45. The van der Waals surface area contributed by atoms with Gasteiger partial charge in [0.25, 0.3) is 0 Å². The van der Waals surface area contributed by atoms with Gasteiger partial charge in [0, 0.05) is 6.42 Å². The van der Waals surface area contributed by atoms with E-state index >= 15 is 0 Å². The van der Waals surface area contributed by atoms with Crippen molar-refractivity contribution in [2.75, 3.05) is 0 Å².